The average molecular weight is 316 g/mol. The minimum absolute atomic E-state index is 0.336. The summed E-state index contributed by atoms with van der Waals surface area (Å²) in [6.07, 6.45) is 0.975. The summed E-state index contributed by atoms with van der Waals surface area (Å²) in [5.74, 6) is -1.18. The first-order chi connectivity index (χ1) is 11.1. The van der Waals surface area contributed by atoms with E-state index in [1.165, 1.54) is 24.3 Å². The molecule has 3 N–H and O–H groups in total. The number of rotatable bonds is 5. The molecule has 2 aromatic carbocycles. The van der Waals surface area contributed by atoms with E-state index < -0.39 is 12.0 Å². The van der Waals surface area contributed by atoms with E-state index in [-0.39, 0.29) is 11.6 Å². The molecule has 0 radical (unpaired) electrons. The number of nitrogens with one attached hydrogen (secondary N) is 2. The standard InChI is InChI=1S/C18H18F2N2O/c1-21-10-17(23)18(11-3-2-4-12(19)7-11)15-9-22-16-6-5-13(20)8-14(15)16/h2-9,17-18,21-23H,10H2,1H3/t17-,18-/m0/s1. The third-order valence-corrected chi connectivity index (χ3v) is 4.02. The average Bonchev–Trinajstić information content (AvgIpc) is 2.91. The van der Waals surface area contributed by atoms with Crippen LogP contribution in [0.4, 0.5) is 8.78 Å². The second-order valence-corrected chi connectivity index (χ2v) is 5.59. The predicted octanol–water partition coefficient (Wildman–Crippen LogP) is 3.16. The highest BCUT2D eigenvalue weighted by molar-refractivity contribution is 5.84. The highest BCUT2D eigenvalue weighted by Gasteiger charge is 2.26. The molecule has 1 heterocycles. The number of aliphatic hydroxyl groups is 1. The van der Waals surface area contributed by atoms with Crippen LogP contribution in [0, 0.1) is 11.6 Å². The summed E-state index contributed by atoms with van der Waals surface area (Å²) in [4.78, 5) is 3.09. The molecule has 3 nitrogen and oxygen atoms in total. The van der Waals surface area contributed by atoms with E-state index in [2.05, 4.69) is 10.3 Å². The monoisotopic (exact) mass is 316 g/mol. The van der Waals surface area contributed by atoms with E-state index in [1.807, 2.05) is 0 Å². The number of aliphatic hydroxyl groups excluding tert-OH is 1. The second kappa shape index (κ2) is 6.48. The van der Waals surface area contributed by atoms with Crippen molar-refractivity contribution in [3.8, 4) is 0 Å². The van der Waals surface area contributed by atoms with Crippen molar-refractivity contribution in [2.75, 3.05) is 13.6 Å². The van der Waals surface area contributed by atoms with Crippen LogP contribution in [0.2, 0.25) is 0 Å². The normalized spacial score (nSPS) is 14.1. The van der Waals surface area contributed by atoms with Gasteiger partial charge in [0.1, 0.15) is 11.6 Å². The number of likely N-dealkylation sites (N-methyl/N-ethyl adjacent to an activating group) is 1. The van der Waals surface area contributed by atoms with Crippen LogP contribution >= 0.6 is 0 Å². The van der Waals surface area contributed by atoms with Crippen molar-refractivity contribution < 1.29 is 13.9 Å². The summed E-state index contributed by atoms with van der Waals surface area (Å²) in [7, 11) is 1.74. The van der Waals surface area contributed by atoms with Crippen molar-refractivity contribution in [3.05, 3.63) is 71.4 Å². The smallest absolute Gasteiger partial charge is 0.123 e. The van der Waals surface area contributed by atoms with Gasteiger partial charge in [0.25, 0.3) is 0 Å². The number of hydrogen-bond donors (Lipinski definition) is 3. The molecule has 0 bridgehead atoms. The molecule has 0 saturated heterocycles. The van der Waals surface area contributed by atoms with Crippen LogP contribution in [-0.4, -0.2) is 29.8 Å². The van der Waals surface area contributed by atoms with Crippen LogP contribution in [0.5, 0.6) is 0 Å². The highest BCUT2D eigenvalue weighted by Crippen LogP contribution is 2.34. The van der Waals surface area contributed by atoms with Gasteiger partial charge in [0.05, 0.1) is 6.10 Å². The first-order valence-corrected chi connectivity index (χ1v) is 7.45. The fourth-order valence-corrected chi connectivity index (χ4v) is 3.01. The summed E-state index contributed by atoms with van der Waals surface area (Å²) in [6.45, 7) is 0.336. The molecule has 120 valence electrons. The lowest BCUT2D eigenvalue weighted by Gasteiger charge is -2.23. The van der Waals surface area contributed by atoms with Gasteiger partial charge in [0.2, 0.25) is 0 Å². The molecular weight excluding hydrogens is 298 g/mol. The quantitative estimate of drug-likeness (QED) is 0.677. The molecule has 3 rings (SSSR count). The Morgan fingerprint density at radius 1 is 1.13 bits per heavy atom. The maximum atomic E-state index is 13.6. The van der Waals surface area contributed by atoms with Crippen LogP contribution < -0.4 is 5.32 Å². The van der Waals surface area contributed by atoms with Gasteiger partial charge < -0.3 is 15.4 Å². The number of aromatic amines is 1. The van der Waals surface area contributed by atoms with Crippen molar-refractivity contribution in [2.24, 2.45) is 0 Å². The zero-order valence-electron chi connectivity index (χ0n) is 12.7. The lowest BCUT2D eigenvalue weighted by Crippen LogP contribution is -2.30. The van der Waals surface area contributed by atoms with Crippen LogP contribution in [0.25, 0.3) is 10.9 Å². The van der Waals surface area contributed by atoms with Crippen molar-refractivity contribution in [1.29, 1.82) is 0 Å². The number of halogens is 2. The first-order valence-electron chi connectivity index (χ1n) is 7.45. The first kappa shape index (κ1) is 15.6. The van der Waals surface area contributed by atoms with Crippen molar-refractivity contribution in [1.82, 2.24) is 10.3 Å². The van der Waals surface area contributed by atoms with Gasteiger partial charge in [-0.3, -0.25) is 0 Å². The summed E-state index contributed by atoms with van der Waals surface area (Å²) in [5.41, 5.74) is 2.17. The third-order valence-electron chi connectivity index (χ3n) is 4.02. The summed E-state index contributed by atoms with van der Waals surface area (Å²) in [5, 5.41) is 14.2. The van der Waals surface area contributed by atoms with Gasteiger partial charge in [-0.15, -0.1) is 0 Å². The van der Waals surface area contributed by atoms with Crippen molar-refractivity contribution >= 4 is 10.9 Å². The fraction of sp³-hybridized carbons (Fsp3) is 0.222. The van der Waals surface area contributed by atoms with Gasteiger partial charge in [-0.25, -0.2) is 8.78 Å². The topological polar surface area (TPSA) is 48.0 Å². The van der Waals surface area contributed by atoms with Gasteiger partial charge in [-0.2, -0.15) is 0 Å². The molecule has 0 aliphatic rings. The number of benzene rings is 2. The van der Waals surface area contributed by atoms with Gasteiger partial charge >= 0.3 is 0 Å². The summed E-state index contributed by atoms with van der Waals surface area (Å²) in [6, 6.07) is 10.6. The molecule has 0 fully saturated rings. The molecule has 0 amide bonds. The van der Waals surface area contributed by atoms with E-state index in [1.54, 1.807) is 31.4 Å². The van der Waals surface area contributed by atoms with Crippen LogP contribution in [0.15, 0.2) is 48.7 Å². The van der Waals surface area contributed by atoms with Crippen LogP contribution in [0.3, 0.4) is 0 Å². The Bertz CT molecular complexity index is 816. The Morgan fingerprint density at radius 2 is 1.91 bits per heavy atom. The molecule has 0 aliphatic heterocycles. The maximum absolute atomic E-state index is 13.6. The Labute approximate surface area is 133 Å². The van der Waals surface area contributed by atoms with Gasteiger partial charge in [0.15, 0.2) is 0 Å². The van der Waals surface area contributed by atoms with Crippen molar-refractivity contribution in [3.63, 3.8) is 0 Å². The zero-order chi connectivity index (χ0) is 16.4. The molecule has 0 aliphatic carbocycles. The number of fused-ring (bicyclic) bond motifs is 1. The second-order valence-electron chi connectivity index (χ2n) is 5.59. The zero-order valence-corrected chi connectivity index (χ0v) is 12.7. The van der Waals surface area contributed by atoms with E-state index in [9.17, 15) is 13.9 Å². The number of aromatic nitrogens is 1. The minimum Gasteiger partial charge on any atom is -0.391 e. The molecule has 2 atom stereocenters. The lowest BCUT2D eigenvalue weighted by atomic mass is 9.86. The van der Waals surface area contributed by atoms with Gasteiger partial charge in [-0.05, 0) is 48.5 Å². The molecular formula is C18H18F2N2O. The fourth-order valence-electron chi connectivity index (χ4n) is 3.01. The van der Waals surface area contributed by atoms with Crippen LogP contribution in [0.1, 0.15) is 17.0 Å². The molecule has 1 aromatic heterocycles. The summed E-state index contributed by atoms with van der Waals surface area (Å²) < 4.78 is 27.3. The number of H-pyrrole nitrogens is 1. The Balaban J connectivity index is 2.15. The highest BCUT2D eigenvalue weighted by atomic mass is 19.1. The van der Waals surface area contributed by atoms with Crippen LogP contribution in [-0.2, 0) is 0 Å². The molecule has 3 aromatic rings. The largest absolute Gasteiger partial charge is 0.391 e. The van der Waals surface area contributed by atoms with E-state index in [0.29, 0.717) is 17.5 Å². The maximum Gasteiger partial charge on any atom is 0.123 e. The molecule has 0 spiro atoms. The van der Waals surface area contributed by atoms with E-state index >= 15 is 0 Å². The predicted molar refractivity (Wildman–Crippen MR) is 86.4 cm³/mol. The van der Waals surface area contributed by atoms with Gasteiger partial charge in [-0.1, -0.05) is 12.1 Å². The molecule has 23 heavy (non-hydrogen) atoms. The lowest BCUT2D eigenvalue weighted by molar-refractivity contribution is 0.157. The Kier molecular flexibility index (Phi) is 4.41. The molecule has 5 heteroatoms. The van der Waals surface area contributed by atoms with Gasteiger partial charge in [0, 0.05) is 29.6 Å². The number of hydrogen-bond acceptors (Lipinski definition) is 2. The Morgan fingerprint density at radius 3 is 2.65 bits per heavy atom. The SMILES string of the molecule is CNC[C@H](O)[C@@H](c1cccc(F)c1)c1c[nH]c2ccc(F)cc12. The third kappa shape index (κ3) is 3.11. The molecule has 0 saturated carbocycles. The summed E-state index contributed by atoms with van der Waals surface area (Å²) >= 11 is 0. The van der Waals surface area contributed by atoms with E-state index in [0.717, 1.165) is 11.1 Å². The van der Waals surface area contributed by atoms with Crippen molar-refractivity contribution in [2.45, 2.75) is 12.0 Å². The minimum atomic E-state index is -0.774. The van der Waals surface area contributed by atoms with E-state index in [4.69, 9.17) is 0 Å². The molecule has 0 unspecified atom stereocenters. The Hall–Kier alpha value is -2.24.